The number of para-hydroxylation sites is 1. The molecule has 0 saturated heterocycles. The van der Waals surface area contributed by atoms with E-state index in [1.165, 1.54) is 16.7 Å². The average Bonchev–Trinajstić information content (AvgIpc) is 2.54. The number of halogens is 1. The van der Waals surface area contributed by atoms with Gasteiger partial charge in [-0.15, -0.1) is 11.6 Å². The molecule has 2 aromatic carbocycles. The second-order valence-corrected chi connectivity index (χ2v) is 7.83. The number of carbonyl (C=O) groups excluding carboxylic acids is 1. The topological polar surface area (TPSA) is 20.3 Å². The Balaban J connectivity index is 2.23. The summed E-state index contributed by atoms with van der Waals surface area (Å²) in [6.45, 7) is 8.63. The van der Waals surface area contributed by atoms with Gasteiger partial charge in [0.05, 0.1) is 0 Å². The molecule has 3 rings (SSSR count). The van der Waals surface area contributed by atoms with Crippen LogP contribution in [-0.4, -0.2) is 17.3 Å². The first-order chi connectivity index (χ1) is 11.3. The molecule has 1 atom stereocenters. The monoisotopic (exact) mass is 341 g/mol. The fourth-order valence-electron chi connectivity index (χ4n) is 4.21. The van der Waals surface area contributed by atoms with Gasteiger partial charge in [0.25, 0.3) is 0 Å². The number of aryl methyl sites for hydroxylation is 1. The number of benzene rings is 2. The Morgan fingerprint density at radius 3 is 2.33 bits per heavy atom. The van der Waals surface area contributed by atoms with Crippen molar-refractivity contribution in [1.82, 2.24) is 0 Å². The minimum Gasteiger partial charge on any atom is -0.305 e. The van der Waals surface area contributed by atoms with Crippen molar-refractivity contribution < 1.29 is 4.79 Å². The Bertz CT molecular complexity index is 766. The summed E-state index contributed by atoms with van der Waals surface area (Å²) in [5.41, 5.74) is 4.25. The van der Waals surface area contributed by atoms with Gasteiger partial charge in [0.1, 0.15) is 5.88 Å². The van der Waals surface area contributed by atoms with E-state index in [0.717, 1.165) is 12.1 Å². The summed E-state index contributed by atoms with van der Waals surface area (Å²) in [6.07, 6.45) is 0.850. The Morgan fingerprint density at radius 2 is 1.71 bits per heavy atom. The molecular formula is C21H24ClNO. The molecule has 3 heteroatoms. The molecule has 1 amide bonds. The fourth-order valence-corrected chi connectivity index (χ4v) is 4.33. The van der Waals surface area contributed by atoms with Gasteiger partial charge in [-0.2, -0.15) is 0 Å². The normalized spacial score (nSPS) is 22.1. The number of anilines is 1. The number of alkyl halides is 1. The second kappa shape index (κ2) is 5.93. The Morgan fingerprint density at radius 1 is 1.08 bits per heavy atom. The van der Waals surface area contributed by atoms with E-state index in [9.17, 15) is 4.79 Å². The molecule has 2 aromatic rings. The maximum Gasteiger partial charge on any atom is 0.242 e. The zero-order valence-corrected chi connectivity index (χ0v) is 15.5. The average molecular weight is 342 g/mol. The highest BCUT2D eigenvalue weighted by atomic mass is 35.5. The van der Waals surface area contributed by atoms with Gasteiger partial charge in [0.15, 0.2) is 0 Å². The number of amides is 1. The molecule has 0 spiro atoms. The van der Waals surface area contributed by atoms with Crippen LogP contribution < -0.4 is 4.90 Å². The van der Waals surface area contributed by atoms with Crippen LogP contribution in [0.4, 0.5) is 5.69 Å². The minimum absolute atomic E-state index is 0.000982. The van der Waals surface area contributed by atoms with Gasteiger partial charge in [0.2, 0.25) is 5.91 Å². The molecule has 0 unspecified atom stereocenters. The van der Waals surface area contributed by atoms with Gasteiger partial charge in [0, 0.05) is 16.6 Å². The highest BCUT2D eigenvalue weighted by molar-refractivity contribution is 6.29. The van der Waals surface area contributed by atoms with E-state index >= 15 is 0 Å². The number of hydrogen-bond acceptors (Lipinski definition) is 1. The van der Waals surface area contributed by atoms with Crippen molar-refractivity contribution in [3.05, 3.63) is 65.2 Å². The predicted molar refractivity (Wildman–Crippen MR) is 101 cm³/mol. The van der Waals surface area contributed by atoms with E-state index < -0.39 is 0 Å². The predicted octanol–water partition coefficient (Wildman–Crippen LogP) is 5.06. The third kappa shape index (κ3) is 2.63. The van der Waals surface area contributed by atoms with Gasteiger partial charge < -0.3 is 4.90 Å². The number of fused-ring (bicyclic) bond motifs is 1. The van der Waals surface area contributed by atoms with Crippen molar-refractivity contribution in [3.8, 4) is 0 Å². The maximum atomic E-state index is 12.5. The second-order valence-electron chi connectivity index (χ2n) is 7.57. The van der Waals surface area contributed by atoms with Gasteiger partial charge in [-0.05, 0) is 44.4 Å². The standard InChI is InChI=1S/C21H24ClNO/c1-15-9-11-16(12-10-15)21(4)14-20(2,3)23(19(24)13-22)18-8-6-5-7-17(18)21/h5-12H,13-14H2,1-4H3/t21-/m1/s1. The van der Waals surface area contributed by atoms with Crippen molar-refractivity contribution in [2.45, 2.75) is 45.1 Å². The fraction of sp³-hybridized carbons (Fsp3) is 0.381. The third-order valence-electron chi connectivity index (χ3n) is 5.18. The molecule has 1 aliphatic rings. The summed E-state index contributed by atoms with van der Waals surface area (Å²) in [6, 6.07) is 16.9. The maximum absolute atomic E-state index is 12.5. The molecule has 0 aliphatic carbocycles. The molecule has 0 radical (unpaired) electrons. The van der Waals surface area contributed by atoms with E-state index in [0.29, 0.717) is 0 Å². The first-order valence-corrected chi connectivity index (χ1v) is 8.89. The molecule has 0 bridgehead atoms. The molecule has 2 nitrogen and oxygen atoms in total. The Hall–Kier alpha value is -1.80. The molecule has 0 saturated carbocycles. The van der Waals surface area contributed by atoms with Crippen molar-refractivity contribution in [2.24, 2.45) is 0 Å². The van der Waals surface area contributed by atoms with E-state index in [4.69, 9.17) is 11.6 Å². The number of hydrogen-bond donors (Lipinski definition) is 0. The zero-order chi connectivity index (χ0) is 17.5. The van der Waals surface area contributed by atoms with E-state index in [-0.39, 0.29) is 22.7 Å². The van der Waals surface area contributed by atoms with Gasteiger partial charge in [-0.1, -0.05) is 55.0 Å². The lowest BCUT2D eigenvalue weighted by atomic mass is 9.65. The van der Waals surface area contributed by atoms with E-state index in [1.807, 2.05) is 23.1 Å². The Kier molecular flexibility index (Phi) is 4.21. The summed E-state index contributed by atoms with van der Waals surface area (Å²) in [4.78, 5) is 14.4. The van der Waals surface area contributed by atoms with E-state index in [2.05, 4.69) is 58.0 Å². The van der Waals surface area contributed by atoms with Crippen LogP contribution in [-0.2, 0) is 10.2 Å². The summed E-state index contributed by atoms with van der Waals surface area (Å²) >= 11 is 5.89. The number of carbonyl (C=O) groups is 1. The van der Waals surface area contributed by atoms with Crippen molar-refractivity contribution in [1.29, 1.82) is 0 Å². The SMILES string of the molecule is Cc1ccc([C@@]2(C)CC(C)(C)N(C(=O)CCl)c3ccccc32)cc1. The van der Waals surface area contributed by atoms with Crippen molar-refractivity contribution >= 4 is 23.2 Å². The molecule has 1 heterocycles. The molecule has 24 heavy (non-hydrogen) atoms. The molecular weight excluding hydrogens is 318 g/mol. The molecule has 0 N–H and O–H groups in total. The molecule has 1 aliphatic heterocycles. The highest BCUT2D eigenvalue weighted by Gasteiger charge is 2.47. The van der Waals surface area contributed by atoms with Crippen molar-refractivity contribution in [3.63, 3.8) is 0 Å². The summed E-state index contributed by atoms with van der Waals surface area (Å²) in [5.74, 6) is -0.0426. The largest absolute Gasteiger partial charge is 0.305 e. The molecule has 0 aromatic heterocycles. The molecule has 126 valence electrons. The lowest BCUT2D eigenvalue weighted by Gasteiger charge is -2.51. The third-order valence-corrected chi connectivity index (χ3v) is 5.41. The summed E-state index contributed by atoms with van der Waals surface area (Å²) in [5, 5.41) is 0. The van der Waals surface area contributed by atoms with Crippen LogP contribution in [0.2, 0.25) is 0 Å². The quantitative estimate of drug-likeness (QED) is 0.699. The van der Waals surface area contributed by atoms with Crippen LogP contribution in [0.15, 0.2) is 48.5 Å². The van der Waals surface area contributed by atoms with E-state index in [1.54, 1.807) is 0 Å². The first kappa shape index (κ1) is 17.0. The lowest BCUT2D eigenvalue weighted by molar-refractivity contribution is -0.117. The zero-order valence-electron chi connectivity index (χ0n) is 14.8. The van der Waals surface area contributed by atoms with Crippen LogP contribution in [0.3, 0.4) is 0 Å². The van der Waals surface area contributed by atoms with Gasteiger partial charge in [-0.25, -0.2) is 0 Å². The van der Waals surface area contributed by atoms with Crippen LogP contribution in [0, 0.1) is 6.92 Å². The van der Waals surface area contributed by atoms with Crippen LogP contribution in [0.1, 0.15) is 43.9 Å². The number of rotatable bonds is 2. The summed E-state index contributed by atoms with van der Waals surface area (Å²) in [7, 11) is 0. The van der Waals surface area contributed by atoms with Gasteiger partial charge >= 0.3 is 0 Å². The van der Waals surface area contributed by atoms with Crippen LogP contribution in [0.5, 0.6) is 0 Å². The van der Waals surface area contributed by atoms with Crippen LogP contribution in [0.25, 0.3) is 0 Å². The highest BCUT2D eigenvalue weighted by Crippen LogP contribution is 2.50. The van der Waals surface area contributed by atoms with Gasteiger partial charge in [-0.3, -0.25) is 4.79 Å². The minimum atomic E-state index is -0.306. The lowest BCUT2D eigenvalue weighted by Crippen LogP contribution is -2.56. The van der Waals surface area contributed by atoms with Crippen LogP contribution >= 0.6 is 11.6 Å². The first-order valence-electron chi connectivity index (χ1n) is 8.35. The number of nitrogens with zero attached hydrogens (tertiary/aromatic N) is 1. The Labute approximate surface area is 149 Å². The summed E-state index contributed by atoms with van der Waals surface area (Å²) < 4.78 is 0. The van der Waals surface area contributed by atoms with Crippen molar-refractivity contribution in [2.75, 3.05) is 10.8 Å². The molecule has 0 fully saturated rings. The smallest absolute Gasteiger partial charge is 0.242 e.